The van der Waals surface area contributed by atoms with Crippen molar-refractivity contribution in [2.24, 2.45) is 5.73 Å². The van der Waals surface area contributed by atoms with Crippen molar-refractivity contribution < 1.29 is 13.6 Å². The number of rotatable bonds is 7. The lowest BCUT2D eigenvalue weighted by Gasteiger charge is -2.21. The number of hydrogen-bond acceptors (Lipinski definition) is 3. The Kier molecular flexibility index (Phi) is 6.31. The molecule has 4 nitrogen and oxygen atoms in total. The number of primary amides is 1. The first-order chi connectivity index (χ1) is 6.47. The Labute approximate surface area is 82.4 Å². The molecule has 0 saturated heterocycles. The van der Waals surface area contributed by atoms with Crippen LogP contribution in [0.25, 0.3) is 0 Å². The van der Waals surface area contributed by atoms with Crippen LogP contribution in [0.15, 0.2) is 0 Å². The first-order valence-corrected chi connectivity index (χ1v) is 4.46. The second kappa shape index (κ2) is 6.67. The lowest BCUT2D eigenvalue weighted by Crippen LogP contribution is -2.48. The van der Waals surface area contributed by atoms with Crippen LogP contribution in [0.5, 0.6) is 0 Å². The highest BCUT2D eigenvalue weighted by Gasteiger charge is 2.17. The minimum absolute atomic E-state index is 0.202. The van der Waals surface area contributed by atoms with Gasteiger partial charge in [0.2, 0.25) is 5.91 Å². The van der Waals surface area contributed by atoms with Crippen LogP contribution in [0.4, 0.5) is 8.78 Å². The number of amides is 1. The summed E-state index contributed by atoms with van der Waals surface area (Å²) in [7, 11) is 1.53. The molecule has 3 N–H and O–H groups in total. The number of nitrogens with two attached hydrogens (primary N) is 1. The van der Waals surface area contributed by atoms with Crippen molar-refractivity contribution >= 4 is 5.91 Å². The molecule has 0 aliphatic carbocycles. The molecule has 1 atom stereocenters. The van der Waals surface area contributed by atoms with Crippen molar-refractivity contribution in [1.82, 2.24) is 10.2 Å². The van der Waals surface area contributed by atoms with Gasteiger partial charge in [-0.15, -0.1) is 0 Å². The van der Waals surface area contributed by atoms with Gasteiger partial charge in [-0.2, -0.15) is 0 Å². The molecular formula is C8H17F2N3O. The largest absolute Gasteiger partial charge is 0.368 e. The molecular weight excluding hydrogens is 192 g/mol. The topological polar surface area (TPSA) is 58.4 Å². The quantitative estimate of drug-likeness (QED) is 0.602. The number of likely N-dealkylation sites (N-methyl/N-ethyl adjacent to an activating group) is 2. The molecule has 0 saturated carbocycles. The summed E-state index contributed by atoms with van der Waals surface area (Å²) < 4.78 is 23.9. The minimum Gasteiger partial charge on any atom is -0.368 e. The fourth-order valence-electron chi connectivity index (χ4n) is 1.12. The molecule has 0 fully saturated rings. The molecule has 0 aromatic rings. The summed E-state index contributed by atoms with van der Waals surface area (Å²) in [6, 6.07) is -0.566. The highest BCUT2D eigenvalue weighted by Crippen LogP contribution is 1.96. The average molecular weight is 209 g/mol. The number of nitrogens with zero attached hydrogens (tertiary/aromatic N) is 1. The molecule has 0 aromatic heterocycles. The Bertz CT molecular complexity index is 178. The normalized spacial score (nSPS) is 13.6. The van der Waals surface area contributed by atoms with E-state index in [0.29, 0.717) is 6.54 Å². The molecule has 1 unspecified atom stereocenters. The summed E-state index contributed by atoms with van der Waals surface area (Å²) >= 11 is 0. The summed E-state index contributed by atoms with van der Waals surface area (Å²) in [4.78, 5) is 12.2. The van der Waals surface area contributed by atoms with Gasteiger partial charge in [-0.25, -0.2) is 8.78 Å². The second-order valence-electron chi connectivity index (χ2n) is 3.12. The predicted molar refractivity (Wildman–Crippen MR) is 50.2 cm³/mol. The third kappa shape index (κ3) is 5.82. The lowest BCUT2D eigenvalue weighted by molar-refractivity contribution is -0.120. The van der Waals surface area contributed by atoms with Crippen LogP contribution >= 0.6 is 0 Å². The number of alkyl halides is 2. The van der Waals surface area contributed by atoms with Gasteiger partial charge in [0, 0.05) is 6.54 Å². The number of hydrogen-bond donors (Lipinski definition) is 2. The van der Waals surface area contributed by atoms with Crippen LogP contribution in [0.3, 0.4) is 0 Å². The summed E-state index contributed by atoms with van der Waals surface area (Å²) in [5.41, 5.74) is 5.09. The van der Waals surface area contributed by atoms with Crippen molar-refractivity contribution in [3.8, 4) is 0 Å². The predicted octanol–water partition coefficient (Wildman–Crippen LogP) is -0.353. The second-order valence-corrected chi connectivity index (χ2v) is 3.12. The van der Waals surface area contributed by atoms with E-state index in [1.54, 1.807) is 0 Å². The summed E-state index contributed by atoms with van der Waals surface area (Å²) in [6.45, 7) is 2.25. The summed E-state index contributed by atoms with van der Waals surface area (Å²) in [5.74, 6) is -0.520. The van der Waals surface area contributed by atoms with Crippen molar-refractivity contribution in [2.45, 2.75) is 19.4 Å². The van der Waals surface area contributed by atoms with E-state index in [2.05, 4.69) is 5.32 Å². The van der Waals surface area contributed by atoms with Gasteiger partial charge < -0.3 is 11.1 Å². The molecule has 0 rings (SSSR count). The van der Waals surface area contributed by atoms with Gasteiger partial charge in [-0.1, -0.05) is 6.92 Å². The zero-order valence-corrected chi connectivity index (χ0v) is 8.46. The molecule has 0 heterocycles. The summed E-state index contributed by atoms with van der Waals surface area (Å²) in [6.07, 6.45) is -2.39. The lowest BCUT2D eigenvalue weighted by atomic mass is 10.2. The fourth-order valence-corrected chi connectivity index (χ4v) is 1.12. The number of carbonyl (C=O) groups is 1. The maximum Gasteiger partial charge on any atom is 0.251 e. The zero-order valence-electron chi connectivity index (χ0n) is 8.46. The molecule has 0 aliphatic heterocycles. The van der Waals surface area contributed by atoms with Gasteiger partial charge in [-0.3, -0.25) is 9.69 Å². The van der Waals surface area contributed by atoms with Gasteiger partial charge in [0.25, 0.3) is 6.43 Å². The van der Waals surface area contributed by atoms with Crippen LogP contribution in [-0.4, -0.2) is 50.0 Å². The van der Waals surface area contributed by atoms with Gasteiger partial charge in [0.15, 0.2) is 0 Å². The minimum atomic E-state index is -2.39. The standard InChI is InChI=1S/C8H17F2N3O/c1-3-12-6(8(11)14)4-13(2)5-7(9)10/h6-7,12H,3-5H2,1-2H3,(H2,11,14). The van der Waals surface area contributed by atoms with E-state index in [1.807, 2.05) is 6.92 Å². The molecule has 6 heteroatoms. The zero-order chi connectivity index (χ0) is 11.1. The monoisotopic (exact) mass is 209 g/mol. The average Bonchev–Trinajstić information content (AvgIpc) is 2.01. The van der Waals surface area contributed by atoms with E-state index >= 15 is 0 Å². The Balaban J connectivity index is 3.95. The Morgan fingerprint density at radius 3 is 2.43 bits per heavy atom. The van der Waals surface area contributed by atoms with E-state index in [9.17, 15) is 13.6 Å². The van der Waals surface area contributed by atoms with Crippen molar-refractivity contribution in [1.29, 1.82) is 0 Å². The first kappa shape index (κ1) is 13.2. The molecule has 0 aliphatic rings. The molecule has 14 heavy (non-hydrogen) atoms. The van der Waals surface area contributed by atoms with Crippen LogP contribution in [0.2, 0.25) is 0 Å². The summed E-state index contributed by atoms with van der Waals surface area (Å²) in [5, 5.41) is 2.83. The van der Waals surface area contributed by atoms with Crippen LogP contribution < -0.4 is 11.1 Å². The highest BCUT2D eigenvalue weighted by molar-refractivity contribution is 5.80. The van der Waals surface area contributed by atoms with Gasteiger partial charge in [0.05, 0.1) is 12.6 Å². The maximum absolute atomic E-state index is 11.9. The van der Waals surface area contributed by atoms with Crippen molar-refractivity contribution in [2.75, 3.05) is 26.7 Å². The van der Waals surface area contributed by atoms with Crippen molar-refractivity contribution in [3.05, 3.63) is 0 Å². The third-order valence-corrected chi connectivity index (χ3v) is 1.74. The number of nitrogens with one attached hydrogen (secondary N) is 1. The van der Waals surface area contributed by atoms with Crippen LogP contribution in [0.1, 0.15) is 6.92 Å². The Morgan fingerprint density at radius 1 is 1.50 bits per heavy atom. The third-order valence-electron chi connectivity index (χ3n) is 1.74. The van der Waals surface area contributed by atoms with E-state index in [1.165, 1.54) is 11.9 Å². The van der Waals surface area contributed by atoms with E-state index < -0.39 is 18.4 Å². The molecule has 0 spiro atoms. The smallest absolute Gasteiger partial charge is 0.251 e. The van der Waals surface area contributed by atoms with Gasteiger partial charge in [-0.05, 0) is 13.6 Å². The van der Waals surface area contributed by atoms with E-state index in [-0.39, 0.29) is 13.1 Å². The van der Waals surface area contributed by atoms with E-state index in [4.69, 9.17) is 5.73 Å². The Morgan fingerprint density at radius 2 is 2.07 bits per heavy atom. The molecule has 0 aromatic carbocycles. The van der Waals surface area contributed by atoms with E-state index in [0.717, 1.165) is 0 Å². The SMILES string of the molecule is CCNC(CN(C)CC(F)F)C(N)=O. The molecule has 1 amide bonds. The van der Waals surface area contributed by atoms with Gasteiger partial charge >= 0.3 is 0 Å². The maximum atomic E-state index is 11.9. The fraction of sp³-hybridized carbons (Fsp3) is 0.875. The number of halogens is 2. The first-order valence-electron chi connectivity index (χ1n) is 4.46. The Hall–Kier alpha value is -0.750. The molecule has 0 radical (unpaired) electrons. The van der Waals surface area contributed by atoms with Crippen LogP contribution in [-0.2, 0) is 4.79 Å². The van der Waals surface area contributed by atoms with Crippen molar-refractivity contribution in [3.63, 3.8) is 0 Å². The van der Waals surface area contributed by atoms with Gasteiger partial charge in [0.1, 0.15) is 0 Å². The van der Waals surface area contributed by atoms with Crippen LogP contribution in [0, 0.1) is 0 Å². The molecule has 84 valence electrons. The molecule has 0 bridgehead atoms. The highest BCUT2D eigenvalue weighted by atomic mass is 19.3. The number of carbonyl (C=O) groups excluding carboxylic acids is 1.